The first kappa shape index (κ1) is 9.39. The van der Waals surface area contributed by atoms with E-state index in [-0.39, 0.29) is 6.61 Å². The van der Waals surface area contributed by atoms with Gasteiger partial charge >= 0.3 is 0 Å². The molecular weight excluding hydrogens is 148 g/mol. The van der Waals surface area contributed by atoms with Gasteiger partial charge in [0.05, 0.1) is 0 Å². The molecule has 0 unspecified atom stereocenters. The highest BCUT2D eigenvalue weighted by Gasteiger charge is 1.79. The van der Waals surface area contributed by atoms with Gasteiger partial charge in [0.15, 0.2) is 5.11 Å². The maximum absolute atomic E-state index is 8.35. The van der Waals surface area contributed by atoms with Crippen molar-refractivity contribution in [3.05, 3.63) is 12.2 Å². The normalized spacial score (nSPS) is 10.1. The van der Waals surface area contributed by atoms with Crippen LogP contribution in [0.3, 0.4) is 0 Å². The van der Waals surface area contributed by atoms with Gasteiger partial charge in [0, 0.05) is 13.2 Å². The van der Waals surface area contributed by atoms with Crippen molar-refractivity contribution in [2.75, 3.05) is 13.2 Å². The molecule has 0 aliphatic heterocycles. The average Bonchev–Trinajstić information content (AvgIpc) is 1.87. The van der Waals surface area contributed by atoms with Gasteiger partial charge in [0.2, 0.25) is 0 Å². The summed E-state index contributed by atoms with van der Waals surface area (Å²) >= 11 is 4.56. The molecule has 0 amide bonds. The smallest absolute Gasteiger partial charge is 0.163 e. The fraction of sp³-hybridized carbons (Fsp3) is 0.500. The molecule has 0 radical (unpaired) electrons. The van der Waals surface area contributed by atoms with E-state index in [9.17, 15) is 0 Å². The number of hydrogen-bond acceptors (Lipinski definition) is 2. The summed E-state index contributed by atoms with van der Waals surface area (Å²) in [5.74, 6) is 0. The van der Waals surface area contributed by atoms with Crippen molar-refractivity contribution >= 4 is 17.3 Å². The Kier molecular flexibility index (Phi) is 6.11. The third-order valence-corrected chi connectivity index (χ3v) is 1.00. The van der Waals surface area contributed by atoms with Gasteiger partial charge in [-0.05, 0) is 18.6 Å². The molecule has 0 aliphatic carbocycles. The first-order valence-electron chi connectivity index (χ1n) is 3.06. The van der Waals surface area contributed by atoms with Crippen molar-refractivity contribution in [3.8, 4) is 0 Å². The number of nitrogens with two attached hydrogens (primary N) is 1. The Labute approximate surface area is 65.9 Å². The lowest BCUT2D eigenvalue weighted by Gasteiger charge is -1.96. The third-order valence-electron chi connectivity index (χ3n) is 0.857. The lowest BCUT2D eigenvalue weighted by atomic mass is 10.4. The fourth-order valence-electron chi connectivity index (χ4n) is 0.435. The van der Waals surface area contributed by atoms with E-state index in [2.05, 4.69) is 17.5 Å². The summed E-state index contributed by atoms with van der Waals surface area (Å²) in [5.41, 5.74) is 5.14. The molecule has 10 heavy (non-hydrogen) atoms. The third kappa shape index (κ3) is 7.39. The van der Waals surface area contributed by atoms with Crippen LogP contribution < -0.4 is 11.1 Å². The Hall–Kier alpha value is -0.610. The molecule has 4 heteroatoms. The summed E-state index contributed by atoms with van der Waals surface area (Å²) in [5, 5.41) is 11.4. The number of thiocarbonyl (C=S) groups is 1. The Morgan fingerprint density at radius 2 is 2.30 bits per heavy atom. The molecule has 0 aliphatic rings. The van der Waals surface area contributed by atoms with Crippen LogP contribution in [0, 0.1) is 0 Å². The molecule has 0 rings (SSSR count). The summed E-state index contributed by atoms with van der Waals surface area (Å²) in [7, 11) is 0. The molecule has 0 heterocycles. The van der Waals surface area contributed by atoms with Crippen molar-refractivity contribution in [1.82, 2.24) is 5.32 Å². The highest BCUT2D eigenvalue weighted by molar-refractivity contribution is 7.80. The van der Waals surface area contributed by atoms with Crippen molar-refractivity contribution in [2.24, 2.45) is 5.73 Å². The maximum atomic E-state index is 8.35. The van der Waals surface area contributed by atoms with Crippen LogP contribution in [0.15, 0.2) is 12.2 Å². The molecule has 0 aromatic heterocycles. The van der Waals surface area contributed by atoms with Crippen LogP contribution in [0.2, 0.25) is 0 Å². The highest BCUT2D eigenvalue weighted by atomic mass is 32.1. The van der Waals surface area contributed by atoms with Crippen LogP contribution in [-0.4, -0.2) is 23.4 Å². The Morgan fingerprint density at radius 3 is 2.80 bits per heavy atom. The van der Waals surface area contributed by atoms with Gasteiger partial charge in [0.1, 0.15) is 0 Å². The van der Waals surface area contributed by atoms with E-state index in [0.717, 1.165) is 0 Å². The average molecular weight is 160 g/mol. The highest BCUT2D eigenvalue weighted by Crippen LogP contribution is 1.77. The monoisotopic (exact) mass is 160 g/mol. The molecule has 0 atom stereocenters. The molecule has 0 fully saturated rings. The van der Waals surface area contributed by atoms with Crippen molar-refractivity contribution in [3.63, 3.8) is 0 Å². The standard InChI is InChI=1S/C6H12N2OS/c7-6(10)8-4-2-1-3-5-9/h1-2,9H,3-5H2,(H3,7,8,10). The summed E-state index contributed by atoms with van der Waals surface area (Å²) in [6.45, 7) is 0.818. The predicted octanol–water partition coefficient (Wildman–Crippen LogP) is -0.242. The van der Waals surface area contributed by atoms with Crippen molar-refractivity contribution < 1.29 is 5.11 Å². The number of aliphatic hydroxyl groups is 1. The first-order valence-corrected chi connectivity index (χ1v) is 3.47. The van der Waals surface area contributed by atoms with Gasteiger partial charge in [-0.15, -0.1) is 0 Å². The minimum Gasteiger partial charge on any atom is -0.396 e. The topological polar surface area (TPSA) is 58.3 Å². The number of hydrogen-bond donors (Lipinski definition) is 3. The molecular formula is C6H12N2OS. The zero-order valence-corrected chi connectivity index (χ0v) is 6.53. The molecule has 0 spiro atoms. The maximum Gasteiger partial charge on any atom is 0.163 e. The second-order valence-corrected chi connectivity index (χ2v) is 2.17. The van der Waals surface area contributed by atoms with E-state index < -0.39 is 0 Å². The lowest BCUT2D eigenvalue weighted by molar-refractivity contribution is 0.302. The van der Waals surface area contributed by atoms with E-state index in [1.165, 1.54) is 0 Å². The lowest BCUT2D eigenvalue weighted by Crippen LogP contribution is -2.28. The van der Waals surface area contributed by atoms with E-state index in [0.29, 0.717) is 18.1 Å². The van der Waals surface area contributed by atoms with Crippen LogP contribution in [-0.2, 0) is 0 Å². The van der Waals surface area contributed by atoms with Crippen LogP contribution >= 0.6 is 12.2 Å². The first-order chi connectivity index (χ1) is 4.77. The van der Waals surface area contributed by atoms with E-state index in [4.69, 9.17) is 10.8 Å². The number of nitrogens with one attached hydrogen (secondary N) is 1. The second-order valence-electron chi connectivity index (χ2n) is 1.73. The quantitative estimate of drug-likeness (QED) is 0.392. The molecule has 0 saturated heterocycles. The molecule has 4 N–H and O–H groups in total. The minimum atomic E-state index is 0.184. The summed E-state index contributed by atoms with van der Waals surface area (Å²) in [6.07, 6.45) is 4.42. The molecule has 0 aromatic rings. The van der Waals surface area contributed by atoms with Crippen molar-refractivity contribution in [2.45, 2.75) is 6.42 Å². The molecule has 0 bridgehead atoms. The van der Waals surface area contributed by atoms with Gasteiger partial charge < -0.3 is 16.2 Å². The van der Waals surface area contributed by atoms with Gasteiger partial charge in [-0.1, -0.05) is 12.2 Å². The Balaban J connectivity index is 3.10. The zero-order valence-electron chi connectivity index (χ0n) is 5.71. The second kappa shape index (κ2) is 6.51. The van der Waals surface area contributed by atoms with Gasteiger partial charge in [0.25, 0.3) is 0 Å². The van der Waals surface area contributed by atoms with E-state index in [1.54, 1.807) is 0 Å². The number of rotatable bonds is 4. The van der Waals surface area contributed by atoms with Gasteiger partial charge in [-0.25, -0.2) is 0 Å². The predicted molar refractivity (Wildman–Crippen MR) is 45.6 cm³/mol. The Morgan fingerprint density at radius 1 is 1.60 bits per heavy atom. The largest absolute Gasteiger partial charge is 0.396 e. The van der Waals surface area contributed by atoms with E-state index >= 15 is 0 Å². The minimum absolute atomic E-state index is 0.184. The summed E-state index contributed by atoms with van der Waals surface area (Å²) in [6, 6.07) is 0. The molecule has 0 saturated carbocycles. The Bertz CT molecular complexity index is 125. The van der Waals surface area contributed by atoms with Crippen LogP contribution in [0.1, 0.15) is 6.42 Å². The van der Waals surface area contributed by atoms with Gasteiger partial charge in [-0.2, -0.15) is 0 Å². The SMILES string of the molecule is NC(=S)NCC=CCCO. The van der Waals surface area contributed by atoms with Crippen LogP contribution in [0.4, 0.5) is 0 Å². The fourth-order valence-corrected chi connectivity index (χ4v) is 0.519. The number of aliphatic hydroxyl groups excluding tert-OH is 1. The molecule has 0 aromatic carbocycles. The zero-order chi connectivity index (χ0) is 7.82. The summed E-state index contributed by atoms with van der Waals surface area (Å²) < 4.78 is 0. The molecule has 3 nitrogen and oxygen atoms in total. The van der Waals surface area contributed by atoms with Crippen molar-refractivity contribution in [1.29, 1.82) is 0 Å². The molecule has 58 valence electrons. The van der Waals surface area contributed by atoms with Gasteiger partial charge in [-0.3, -0.25) is 0 Å². The van der Waals surface area contributed by atoms with E-state index in [1.807, 2.05) is 12.2 Å². The summed E-state index contributed by atoms with van der Waals surface area (Å²) in [4.78, 5) is 0. The van der Waals surface area contributed by atoms with Crippen LogP contribution in [0.25, 0.3) is 0 Å². The van der Waals surface area contributed by atoms with Crippen LogP contribution in [0.5, 0.6) is 0 Å².